The van der Waals surface area contributed by atoms with Gasteiger partial charge in [-0.2, -0.15) is 0 Å². The maximum atomic E-state index is 13.5. The number of hydrogen-bond acceptors (Lipinski definition) is 6. The number of benzene rings is 1. The van der Waals surface area contributed by atoms with Crippen LogP contribution in [0.2, 0.25) is 0 Å². The van der Waals surface area contributed by atoms with Gasteiger partial charge in [0.25, 0.3) is 0 Å². The summed E-state index contributed by atoms with van der Waals surface area (Å²) in [5, 5.41) is 0. The van der Waals surface area contributed by atoms with E-state index in [0.29, 0.717) is 12.3 Å². The summed E-state index contributed by atoms with van der Waals surface area (Å²) >= 11 is 0. The number of nitrogens with zero attached hydrogens (tertiary/aromatic N) is 5. The highest BCUT2D eigenvalue weighted by Crippen LogP contribution is 2.32. The Kier molecular flexibility index (Phi) is 6.88. The van der Waals surface area contributed by atoms with Crippen molar-refractivity contribution < 1.29 is 9.53 Å². The zero-order chi connectivity index (χ0) is 22.6. The summed E-state index contributed by atoms with van der Waals surface area (Å²) in [6.45, 7) is 6.43. The summed E-state index contributed by atoms with van der Waals surface area (Å²) in [6.07, 6.45) is 8.28. The number of piperazine rings is 1. The number of hydrogen-bond donors (Lipinski definition) is 0. The van der Waals surface area contributed by atoms with Gasteiger partial charge in [-0.25, -0.2) is 4.98 Å². The van der Waals surface area contributed by atoms with Crippen LogP contribution in [-0.4, -0.2) is 73.8 Å². The minimum Gasteiger partial charge on any atom is -0.381 e. The fourth-order valence-corrected chi connectivity index (χ4v) is 5.37. The van der Waals surface area contributed by atoms with E-state index in [1.807, 2.05) is 4.90 Å². The first-order valence-corrected chi connectivity index (χ1v) is 12.4. The standard InChI is InChI=1S/C26H35N5O2/c1-29-13-15-30(16-14-29)25-24(27-10-11-28-25)19-22-3-2-12-31(26(22)32)23-6-4-20(5-7-23)21-8-17-33-18-9-21/h4-7,10-11,21-22H,2-3,8-9,12-19H2,1H3. The van der Waals surface area contributed by atoms with Crippen LogP contribution in [0.5, 0.6) is 0 Å². The minimum atomic E-state index is -0.0446. The van der Waals surface area contributed by atoms with E-state index < -0.39 is 0 Å². The lowest BCUT2D eigenvalue weighted by molar-refractivity contribution is -0.123. The molecule has 0 spiro atoms. The van der Waals surface area contributed by atoms with E-state index >= 15 is 0 Å². The maximum absolute atomic E-state index is 13.5. The molecule has 3 fully saturated rings. The molecule has 1 aromatic carbocycles. The van der Waals surface area contributed by atoms with E-state index in [1.165, 1.54) is 5.56 Å². The average molecular weight is 450 g/mol. The van der Waals surface area contributed by atoms with Crippen LogP contribution in [0.3, 0.4) is 0 Å². The van der Waals surface area contributed by atoms with Crippen molar-refractivity contribution in [1.29, 1.82) is 0 Å². The molecule has 1 atom stereocenters. The molecule has 0 saturated carbocycles. The van der Waals surface area contributed by atoms with E-state index in [9.17, 15) is 4.79 Å². The molecule has 0 N–H and O–H groups in total. The van der Waals surface area contributed by atoms with Gasteiger partial charge in [-0.1, -0.05) is 12.1 Å². The van der Waals surface area contributed by atoms with Crippen molar-refractivity contribution in [2.45, 2.75) is 38.0 Å². The van der Waals surface area contributed by atoms with Crippen LogP contribution >= 0.6 is 0 Å². The normalized spacial score (nSPS) is 23.2. The molecule has 2 aromatic rings. The number of ether oxygens (including phenoxy) is 1. The Labute approximate surface area is 196 Å². The number of likely N-dealkylation sites (N-methyl/N-ethyl adjacent to an activating group) is 1. The molecule has 176 valence electrons. The monoisotopic (exact) mass is 449 g/mol. The summed E-state index contributed by atoms with van der Waals surface area (Å²) in [5.74, 6) is 1.70. The van der Waals surface area contributed by atoms with Crippen LogP contribution < -0.4 is 9.80 Å². The minimum absolute atomic E-state index is 0.0446. The molecule has 1 amide bonds. The topological polar surface area (TPSA) is 61.8 Å². The molecule has 7 nitrogen and oxygen atoms in total. The number of carbonyl (C=O) groups is 1. The highest BCUT2D eigenvalue weighted by Gasteiger charge is 2.32. The Morgan fingerprint density at radius 2 is 1.67 bits per heavy atom. The van der Waals surface area contributed by atoms with E-state index in [4.69, 9.17) is 4.74 Å². The van der Waals surface area contributed by atoms with Crippen molar-refractivity contribution in [3.63, 3.8) is 0 Å². The van der Waals surface area contributed by atoms with Gasteiger partial charge in [0.1, 0.15) is 5.82 Å². The lowest BCUT2D eigenvalue weighted by atomic mass is 9.90. The lowest BCUT2D eigenvalue weighted by Gasteiger charge is -2.35. The highest BCUT2D eigenvalue weighted by molar-refractivity contribution is 5.96. The number of piperidine rings is 1. The van der Waals surface area contributed by atoms with E-state index in [2.05, 4.69) is 51.1 Å². The zero-order valence-electron chi connectivity index (χ0n) is 19.7. The molecule has 4 heterocycles. The Bertz CT molecular complexity index is 936. The molecular formula is C26H35N5O2. The highest BCUT2D eigenvalue weighted by atomic mass is 16.5. The zero-order valence-corrected chi connectivity index (χ0v) is 19.7. The summed E-state index contributed by atoms with van der Waals surface area (Å²) in [5.41, 5.74) is 3.33. The molecule has 0 aliphatic carbocycles. The van der Waals surface area contributed by atoms with Crippen molar-refractivity contribution in [2.75, 3.05) is 62.8 Å². The largest absolute Gasteiger partial charge is 0.381 e. The number of carbonyl (C=O) groups excluding carboxylic acids is 1. The van der Waals surface area contributed by atoms with Gasteiger partial charge < -0.3 is 19.4 Å². The first-order chi connectivity index (χ1) is 16.2. The second-order valence-corrected chi connectivity index (χ2v) is 9.63. The van der Waals surface area contributed by atoms with Crippen molar-refractivity contribution in [1.82, 2.24) is 14.9 Å². The van der Waals surface area contributed by atoms with Crippen molar-refractivity contribution in [3.05, 3.63) is 47.9 Å². The summed E-state index contributed by atoms with van der Waals surface area (Å²) in [4.78, 5) is 29.5. The summed E-state index contributed by atoms with van der Waals surface area (Å²) in [7, 11) is 2.15. The third-order valence-electron chi connectivity index (χ3n) is 7.44. The molecule has 7 heteroatoms. The van der Waals surface area contributed by atoms with Crippen LogP contribution in [0, 0.1) is 5.92 Å². The van der Waals surface area contributed by atoms with Gasteiger partial charge in [0.15, 0.2) is 0 Å². The fourth-order valence-electron chi connectivity index (χ4n) is 5.37. The van der Waals surface area contributed by atoms with Crippen molar-refractivity contribution in [2.24, 2.45) is 5.92 Å². The molecule has 1 unspecified atom stereocenters. The number of aromatic nitrogens is 2. The molecule has 5 rings (SSSR count). The molecule has 0 radical (unpaired) electrons. The number of anilines is 2. The lowest BCUT2D eigenvalue weighted by Crippen LogP contribution is -2.45. The van der Waals surface area contributed by atoms with E-state index in [0.717, 1.165) is 88.8 Å². The summed E-state index contributed by atoms with van der Waals surface area (Å²) < 4.78 is 5.50. The second kappa shape index (κ2) is 10.2. The third kappa shape index (κ3) is 5.04. The van der Waals surface area contributed by atoms with Gasteiger partial charge in [0, 0.05) is 76.4 Å². The molecule has 3 saturated heterocycles. The van der Waals surface area contributed by atoms with Gasteiger partial charge in [-0.05, 0) is 56.3 Å². The fraction of sp³-hybridized carbons (Fsp3) is 0.577. The van der Waals surface area contributed by atoms with Crippen LogP contribution in [0.25, 0.3) is 0 Å². The van der Waals surface area contributed by atoms with Gasteiger partial charge in [-0.3, -0.25) is 9.78 Å². The van der Waals surface area contributed by atoms with Gasteiger partial charge in [0.05, 0.1) is 5.69 Å². The molecule has 0 bridgehead atoms. The first-order valence-electron chi connectivity index (χ1n) is 12.4. The van der Waals surface area contributed by atoms with E-state index in [1.54, 1.807) is 12.4 Å². The third-order valence-corrected chi connectivity index (χ3v) is 7.44. The Balaban J connectivity index is 1.28. The maximum Gasteiger partial charge on any atom is 0.230 e. The van der Waals surface area contributed by atoms with Gasteiger partial charge in [0.2, 0.25) is 5.91 Å². The Morgan fingerprint density at radius 3 is 2.42 bits per heavy atom. The predicted molar refractivity (Wildman–Crippen MR) is 130 cm³/mol. The molecular weight excluding hydrogens is 414 g/mol. The van der Waals surface area contributed by atoms with Gasteiger partial charge in [-0.15, -0.1) is 0 Å². The van der Waals surface area contributed by atoms with Gasteiger partial charge >= 0.3 is 0 Å². The van der Waals surface area contributed by atoms with E-state index in [-0.39, 0.29) is 11.8 Å². The number of amides is 1. The first kappa shape index (κ1) is 22.3. The SMILES string of the molecule is CN1CCN(c2nccnc2CC2CCCN(c3ccc(C4CCOCC4)cc3)C2=O)CC1. The average Bonchev–Trinajstić information content (AvgIpc) is 2.87. The number of rotatable bonds is 5. The van der Waals surface area contributed by atoms with Crippen LogP contribution in [0.4, 0.5) is 11.5 Å². The Hall–Kier alpha value is -2.51. The van der Waals surface area contributed by atoms with Crippen LogP contribution in [0.1, 0.15) is 42.9 Å². The summed E-state index contributed by atoms with van der Waals surface area (Å²) in [6, 6.07) is 8.67. The van der Waals surface area contributed by atoms with Crippen molar-refractivity contribution in [3.8, 4) is 0 Å². The molecule has 33 heavy (non-hydrogen) atoms. The molecule has 1 aromatic heterocycles. The molecule has 3 aliphatic rings. The predicted octanol–water partition coefficient (Wildman–Crippen LogP) is 3.11. The van der Waals surface area contributed by atoms with Crippen molar-refractivity contribution >= 4 is 17.4 Å². The Morgan fingerprint density at radius 1 is 0.939 bits per heavy atom. The molecule has 3 aliphatic heterocycles. The smallest absolute Gasteiger partial charge is 0.230 e. The quantitative estimate of drug-likeness (QED) is 0.699. The second-order valence-electron chi connectivity index (χ2n) is 9.63. The van der Waals surface area contributed by atoms with Crippen LogP contribution in [0.15, 0.2) is 36.7 Å². The van der Waals surface area contributed by atoms with Crippen LogP contribution in [-0.2, 0) is 16.0 Å².